The molecule has 0 heterocycles. The van der Waals surface area contributed by atoms with E-state index in [4.69, 9.17) is 26.4 Å². The lowest BCUT2D eigenvalue weighted by molar-refractivity contribution is -0.148. The van der Waals surface area contributed by atoms with Crippen LogP contribution < -0.4 is 15.8 Å². The molecule has 0 aliphatic heterocycles. The first kappa shape index (κ1) is 24.1. The summed E-state index contributed by atoms with van der Waals surface area (Å²) in [7, 11) is 3.52. The molecule has 0 radical (unpaired) electrons. The largest absolute Gasteiger partial charge is 0.491 e. The predicted molar refractivity (Wildman–Crippen MR) is 119 cm³/mol. The summed E-state index contributed by atoms with van der Waals surface area (Å²) in [6.07, 6.45) is -0.372. The number of carboxylic acids is 1. The standard InChI is InChI=1S/C22H25N5O5/c1-27(2)20(25)13-3-5-14(6-4-13)21(29)26-9-10-32-18-12-16(19(23)24)8-7-15(18)11-17(28)22(30)31/h3-8,12,25H,9-11H2,1-2H3,(H3,23,24)(H,26,29)(H,30,31). The van der Waals surface area contributed by atoms with E-state index in [1.54, 1.807) is 43.3 Å². The number of nitrogen functional groups attached to an aromatic ring is 1. The molecular formula is C22H25N5O5. The molecule has 0 fully saturated rings. The van der Waals surface area contributed by atoms with Crippen LogP contribution in [0.15, 0.2) is 42.5 Å². The number of Topliss-reactive ketones (excluding diaryl/α,β-unsaturated/α-hetero) is 1. The lowest BCUT2D eigenvalue weighted by Crippen LogP contribution is -2.28. The first-order valence-electron chi connectivity index (χ1n) is 9.61. The van der Waals surface area contributed by atoms with Crippen molar-refractivity contribution < 1.29 is 24.2 Å². The van der Waals surface area contributed by atoms with Gasteiger partial charge in [-0.15, -0.1) is 0 Å². The number of hydrogen-bond acceptors (Lipinski definition) is 6. The molecule has 10 nitrogen and oxygen atoms in total. The SMILES string of the molecule is CN(C)C(=N)c1ccc(C(=O)NCCOc2cc(C(=N)N)ccc2CC(=O)C(=O)O)cc1. The van der Waals surface area contributed by atoms with E-state index in [0.717, 1.165) is 0 Å². The van der Waals surface area contributed by atoms with Crippen LogP contribution in [0.5, 0.6) is 5.75 Å². The van der Waals surface area contributed by atoms with Gasteiger partial charge in [0.2, 0.25) is 5.78 Å². The van der Waals surface area contributed by atoms with Crippen molar-refractivity contribution in [2.24, 2.45) is 5.73 Å². The number of aliphatic carboxylic acids is 1. The number of amides is 1. The minimum absolute atomic E-state index is 0.0463. The van der Waals surface area contributed by atoms with Crippen LogP contribution in [0.1, 0.15) is 27.0 Å². The highest BCUT2D eigenvalue weighted by Crippen LogP contribution is 2.21. The highest BCUT2D eigenvalue weighted by Gasteiger charge is 2.16. The van der Waals surface area contributed by atoms with Gasteiger partial charge in [0.25, 0.3) is 5.91 Å². The summed E-state index contributed by atoms with van der Waals surface area (Å²) >= 11 is 0. The van der Waals surface area contributed by atoms with Gasteiger partial charge in [-0.25, -0.2) is 4.79 Å². The van der Waals surface area contributed by atoms with Gasteiger partial charge in [0.05, 0.1) is 6.54 Å². The molecule has 32 heavy (non-hydrogen) atoms. The average Bonchev–Trinajstić information content (AvgIpc) is 2.76. The summed E-state index contributed by atoms with van der Waals surface area (Å²) in [5.74, 6) is -2.53. The number of benzene rings is 2. The van der Waals surface area contributed by atoms with E-state index in [-0.39, 0.29) is 37.1 Å². The van der Waals surface area contributed by atoms with Crippen molar-refractivity contribution >= 4 is 29.3 Å². The lowest BCUT2D eigenvalue weighted by atomic mass is 10.0. The third-order valence-electron chi connectivity index (χ3n) is 4.48. The van der Waals surface area contributed by atoms with E-state index in [0.29, 0.717) is 28.1 Å². The number of ketones is 1. The molecule has 0 aliphatic rings. The molecule has 0 atom stereocenters. The second kappa shape index (κ2) is 10.7. The number of nitrogens with two attached hydrogens (primary N) is 1. The van der Waals surface area contributed by atoms with Gasteiger partial charge >= 0.3 is 5.97 Å². The fourth-order valence-electron chi connectivity index (χ4n) is 2.72. The van der Waals surface area contributed by atoms with Crippen molar-refractivity contribution in [3.8, 4) is 5.75 Å². The number of amidine groups is 2. The van der Waals surface area contributed by atoms with E-state index in [2.05, 4.69) is 5.32 Å². The number of rotatable bonds is 10. The lowest BCUT2D eigenvalue weighted by Gasteiger charge is -2.14. The number of nitrogens with zero attached hydrogens (tertiary/aromatic N) is 1. The molecule has 0 saturated heterocycles. The number of carboxylic acid groups (broad SMARTS) is 1. The van der Waals surface area contributed by atoms with Crippen LogP contribution >= 0.6 is 0 Å². The van der Waals surface area contributed by atoms with Gasteiger partial charge in [0.1, 0.15) is 24.0 Å². The zero-order chi connectivity index (χ0) is 23.8. The Hall–Kier alpha value is -4.21. The summed E-state index contributed by atoms with van der Waals surface area (Å²) in [6, 6.07) is 11.1. The number of carbonyl (C=O) groups excluding carboxylic acids is 2. The van der Waals surface area contributed by atoms with E-state index in [9.17, 15) is 14.4 Å². The summed E-state index contributed by atoms with van der Waals surface area (Å²) in [4.78, 5) is 36.4. The molecule has 0 bridgehead atoms. The maximum atomic E-state index is 12.3. The zero-order valence-corrected chi connectivity index (χ0v) is 17.8. The molecule has 0 aromatic heterocycles. The molecule has 0 saturated carbocycles. The Bertz CT molecular complexity index is 1050. The molecule has 0 spiro atoms. The van der Waals surface area contributed by atoms with Crippen LogP contribution in [0, 0.1) is 10.8 Å². The second-order valence-corrected chi connectivity index (χ2v) is 7.07. The predicted octanol–water partition coefficient (Wildman–Crippen LogP) is 0.863. The van der Waals surface area contributed by atoms with Crippen molar-refractivity contribution in [3.05, 3.63) is 64.7 Å². The van der Waals surface area contributed by atoms with Crippen molar-refractivity contribution in [3.63, 3.8) is 0 Å². The summed E-state index contributed by atoms with van der Waals surface area (Å²) in [5, 5.41) is 27.0. The summed E-state index contributed by atoms with van der Waals surface area (Å²) in [5.41, 5.74) is 7.29. The van der Waals surface area contributed by atoms with Gasteiger partial charge in [-0.1, -0.05) is 24.3 Å². The zero-order valence-electron chi connectivity index (χ0n) is 17.8. The average molecular weight is 439 g/mol. The van der Waals surface area contributed by atoms with Gasteiger partial charge in [-0.2, -0.15) is 0 Å². The number of ether oxygens (including phenoxy) is 1. The summed E-state index contributed by atoms with van der Waals surface area (Å²) < 4.78 is 5.63. The molecule has 2 aromatic rings. The Morgan fingerprint density at radius 2 is 1.62 bits per heavy atom. The van der Waals surface area contributed by atoms with Crippen LogP contribution in [-0.2, 0) is 16.0 Å². The molecule has 0 aliphatic carbocycles. The third kappa shape index (κ3) is 6.39. The number of carbonyl (C=O) groups is 3. The van der Waals surface area contributed by atoms with Gasteiger partial charge in [-0.3, -0.25) is 20.4 Å². The van der Waals surface area contributed by atoms with E-state index >= 15 is 0 Å². The molecule has 10 heteroatoms. The molecule has 0 unspecified atom stereocenters. The van der Waals surface area contributed by atoms with Crippen molar-refractivity contribution in [2.45, 2.75) is 6.42 Å². The van der Waals surface area contributed by atoms with Crippen LogP contribution in [0.2, 0.25) is 0 Å². The Labute approximate surface area is 185 Å². The number of nitrogens with one attached hydrogen (secondary N) is 3. The van der Waals surface area contributed by atoms with Crippen LogP contribution in [-0.4, -0.2) is 66.6 Å². The maximum Gasteiger partial charge on any atom is 0.372 e. The quantitative estimate of drug-likeness (QED) is 0.158. The molecule has 1 amide bonds. The highest BCUT2D eigenvalue weighted by atomic mass is 16.5. The van der Waals surface area contributed by atoms with E-state index < -0.39 is 11.8 Å². The summed E-state index contributed by atoms with van der Waals surface area (Å²) in [6.45, 7) is 0.190. The normalized spacial score (nSPS) is 10.2. The molecule has 6 N–H and O–H groups in total. The smallest absolute Gasteiger partial charge is 0.372 e. The fraction of sp³-hybridized carbons (Fsp3) is 0.227. The van der Waals surface area contributed by atoms with Gasteiger partial charge in [0, 0.05) is 42.8 Å². The van der Waals surface area contributed by atoms with Crippen molar-refractivity contribution in [1.29, 1.82) is 10.8 Å². The Balaban J connectivity index is 1.98. The molecular weight excluding hydrogens is 414 g/mol. The highest BCUT2D eigenvalue weighted by molar-refractivity contribution is 6.33. The monoisotopic (exact) mass is 439 g/mol. The van der Waals surface area contributed by atoms with Crippen molar-refractivity contribution in [2.75, 3.05) is 27.2 Å². The van der Waals surface area contributed by atoms with Crippen molar-refractivity contribution in [1.82, 2.24) is 10.2 Å². The van der Waals surface area contributed by atoms with Crippen LogP contribution in [0.4, 0.5) is 0 Å². The fourth-order valence-corrected chi connectivity index (χ4v) is 2.72. The maximum absolute atomic E-state index is 12.3. The molecule has 2 aromatic carbocycles. The van der Waals surface area contributed by atoms with E-state index in [1.165, 1.54) is 18.2 Å². The second-order valence-electron chi connectivity index (χ2n) is 7.07. The minimum atomic E-state index is -1.55. The molecule has 2 rings (SSSR count). The minimum Gasteiger partial charge on any atom is -0.491 e. The molecule has 168 valence electrons. The first-order valence-corrected chi connectivity index (χ1v) is 9.61. The van der Waals surface area contributed by atoms with Crippen LogP contribution in [0.25, 0.3) is 0 Å². The third-order valence-corrected chi connectivity index (χ3v) is 4.48. The van der Waals surface area contributed by atoms with Gasteiger partial charge in [-0.05, 0) is 18.2 Å². The van der Waals surface area contributed by atoms with E-state index in [1.807, 2.05) is 0 Å². The van der Waals surface area contributed by atoms with Gasteiger partial charge < -0.3 is 25.8 Å². The number of hydrogen-bond donors (Lipinski definition) is 5. The Morgan fingerprint density at radius 3 is 2.19 bits per heavy atom. The van der Waals surface area contributed by atoms with Crippen LogP contribution in [0.3, 0.4) is 0 Å². The topological polar surface area (TPSA) is 170 Å². The first-order chi connectivity index (χ1) is 15.1. The Morgan fingerprint density at radius 1 is 1.03 bits per heavy atom. The Kier molecular flexibility index (Phi) is 8.05. The van der Waals surface area contributed by atoms with Gasteiger partial charge in [0.15, 0.2) is 0 Å².